The highest BCUT2D eigenvalue weighted by Gasteiger charge is 2.29. The highest BCUT2D eigenvalue weighted by atomic mass is 32.2. The number of para-hydroxylation sites is 5. The standard InChI is InChI=1S/C44H26N4S/c1-2-13-27(14-3-1)28-25-26-31(30-16-5-4-15-29(28)30)41-43(46-35-20-8-7-19-34(35)45-41)48-36-21-9-6-17-32(36)40-33-18-12-24-39-42(33)47(44(40)48)37-22-10-11-23-38(37)49-39/h1-26H. The van der Waals surface area contributed by atoms with Gasteiger partial charge in [0.2, 0.25) is 0 Å². The van der Waals surface area contributed by atoms with Crippen molar-refractivity contribution in [3.63, 3.8) is 0 Å². The lowest BCUT2D eigenvalue weighted by Crippen LogP contribution is -2.08. The lowest BCUT2D eigenvalue weighted by molar-refractivity contribution is 0.999. The third-order valence-electron chi connectivity index (χ3n) is 9.91. The Kier molecular flexibility index (Phi) is 5.57. The largest absolute Gasteiger partial charge is 0.293 e. The van der Waals surface area contributed by atoms with Gasteiger partial charge >= 0.3 is 0 Å². The van der Waals surface area contributed by atoms with Crippen LogP contribution in [0.15, 0.2) is 168 Å². The van der Waals surface area contributed by atoms with Gasteiger partial charge in [0.05, 0.1) is 27.8 Å². The molecule has 0 amide bonds. The maximum absolute atomic E-state index is 5.51. The zero-order valence-corrected chi connectivity index (χ0v) is 27.0. The average molecular weight is 643 g/mol. The van der Waals surface area contributed by atoms with Gasteiger partial charge in [-0.2, -0.15) is 0 Å². The molecule has 0 N–H and O–H groups in total. The molecule has 4 heterocycles. The molecule has 0 radical (unpaired) electrons. The molecule has 5 heteroatoms. The van der Waals surface area contributed by atoms with E-state index in [0.29, 0.717) is 0 Å². The molecule has 228 valence electrons. The molecule has 49 heavy (non-hydrogen) atoms. The lowest BCUT2D eigenvalue weighted by Gasteiger charge is -2.21. The van der Waals surface area contributed by atoms with Crippen molar-refractivity contribution in [3.8, 4) is 33.9 Å². The van der Waals surface area contributed by atoms with Gasteiger partial charge in [-0.3, -0.25) is 9.13 Å². The maximum atomic E-state index is 5.51. The Hall–Kier alpha value is -6.17. The van der Waals surface area contributed by atoms with E-state index in [1.165, 1.54) is 53.7 Å². The van der Waals surface area contributed by atoms with Crippen molar-refractivity contribution in [1.29, 1.82) is 0 Å². The molecule has 0 unspecified atom stereocenters. The van der Waals surface area contributed by atoms with Crippen LogP contribution in [0.3, 0.4) is 0 Å². The normalized spacial score (nSPS) is 12.4. The second kappa shape index (κ2) is 10.2. The van der Waals surface area contributed by atoms with Crippen LogP contribution >= 0.6 is 11.8 Å². The van der Waals surface area contributed by atoms with Crippen LogP contribution < -0.4 is 0 Å². The van der Waals surface area contributed by atoms with E-state index in [1.54, 1.807) is 0 Å². The molecule has 0 bridgehead atoms. The van der Waals surface area contributed by atoms with E-state index in [4.69, 9.17) is 9.97 Å². The fourth-order valence-electron chi connectivity index (χ4n) is 7.84. The number of benzene rings is 7. The van der Waals surface area contributed by atoms with Crippen molar-refractivity contribution >= 4 is 66.4 Å². The van der Waals surface area contributed by atoms with Crippen LogP contribution in [0.1, 0.15) is 0 Å². The summed E-state index contributed by atoms with van der Waals surface area (Å²) < 4.78 is 4.83. The van der Waals surface area contributed by atoms with Crippen molar-refractivity contribution in [2.75, 3.05) is 0 Å². The summed E-state index contributed by atoms with van der Waals surface area (Å²) in [5.74, 6) is 0.818. The Labute approximate surface area is 285 Å². The van der Waals surface area contributed by atoms with Gasteiger partial charge in [0, 0.05) is 31.5 Å². The molecular formula is C44H26N4S. The van der Waals surface area contributed by atoms with Crippen molar-refractivity contribution in [3.05, 3.63) is 158 Å². The summed E-state index contributed by atoms with van der Waals surface area (Å²) in [6.45, 7) is 0. The topological polar surface area (TPSA) is 35.6 Å². The predicted octanol–water partition coefficient (Wildman–Crippen LogP) is 11.6. The Morgan fingerprint density at radius 3 is 1.94 bits per heavy atom. The fraction of sp³-hybridized carbons (Fsp3) is 0. The fourth-order valence-corrected chi connectivity index (χ4v) is 8.94. The first-order valence-corrected chi connectivity index (χ1v) is 17.3. The third kappa shape index (κ3) is 3.76. The molecule has 11 rings (SSSR count). The monoisotopic (exact) mass is 642 g/mol. The van der Waals surface area contributed by atoms with Crippen molar-refractivity contribution in [2.24, 2.45) is 0 Å². The minimum absolute atomic E-state index is 0.818. The summed E-state index contributed by atoms with van der Waals surface area (Å²) in [7, 11) is 0. The van der Waals surface area contributed by atoms with Crippen molar-refractivity contribution in [1.82, 2.24) is 19.1 Å². The highest BCUT2D eigenvalue weighted by Crippen LogP contribution is 2.50. The number of aromatic nitrogens is 4. The predicted molar refractivity (Wildman–Crippen MR) is 203 cm³/mol. The van der Waals surface area contributed by atoms with E-state index in [1.807, 2.05) is 23.9 Å². The van der Waals surface area contributed by atoms with Gasteiger partial charge in [-0.05, 0) is 58.3 Å². The number of rotatable bonds is 3. The average Bonchev–Trinajstić information content (AvgIpc) is 3.68. The zero-order valence-electron chi connectivity index (χ0n) is 26.2. The Balaban J connectivity index is 1.32. The molecule has 0 atom stereocenters. The molecule has 1 aliphatic heterocycles. The number of hydrogen-bond acceptors (Lipinski definition) is 3. The number of fused-ring (bicyclic) bond motifs is 9. The summed E-state index contributed by atoms with van der Waals surface area (Å²) in [5, 5.41) is 6.02. The number of hydrogen-bond donors (Lipinski definition) is 0. The van der Waals surface area contributed by atoms with Gasteiger partial charge in [0.25, 0.3) is 0 Å². The van der Waals surface area contributed by atoms with Gasteiger partial charge in [-0.25, -0.2) is 9.97 Å². The van der Waals surface area contributed by atoms with E-state index < -0.39 is 0 Å². The minimum Gasteiger partial charge on any atom is -0.293 e. The van der Waals surface area contributed by atoms with Gasteiger partial charge in [-0.15, -0.1) is 0 Å². The van der Waals surface area contributed by atoms with Gasteiger partial charge in [0.1, 0.15) is 11.3 Å². The smallest absolute Gasteiger partial charge is 0.166 e. The van der Waals surface area contributed by atoms with E-state index >= 15 is 0 Å². The second-order valence-corrected chi connectivity index (χ2v) is 13.6. The van der Waals surface area contributed by atoms with Gasteiger partial charge in [-0.1, -0.05) is 133 Å². The number of nitrogens with zero attached hydrogens (tertiary/aromatic N) is 4. The molecule has 0 spiro atoms. The second-order valence-electron chi connectivity index (χ2n) is 12.6. The van der Waals surface area contributed by atoms with Crippen molar-refractivity contribution < 1.29 is 0 Å². The first kappa shape index (κ1) is 26.9. The summed E-state index contributed by atoms with van der Waals surface area (Å²) in [6.07, 6.45) is 0. The summed E-state index contributed by atoms with van der Waals surface area (Å²) in [4.78, 5) is 13.5. The SMILES string of the molecule is c1ccc(-c2ccc(-c3nc4ccccc4nc3-n3c4ccccc4c4c5cccc6c5n(c43)-c3ccccc3S6)c3ccccc23)cc1. The van der Waals surface area contributed by atoms with Crippen LogP contribution in [-0.2, 0) is 0 Å². The molecule has 4 nitrogen and oxygen atoms in total. The Bertz CT molecular complexity index is 2970. The van der Waals surface area contributed by atoms with E-state index in [9.17, 15) is 0 Å². The third-order valence-corrected chi connectivity index (χ3v) is 11.0. The Morgan fingerprint density at radius 1 is 0.449 bits per heavy atom. The van der Waals surface area contributed by atoms with E-state index in [-0.39, 0.29) is 0 Å². The van der Waals surface area contributed by atoms with Crippen LogP contribution in [0.4, 0.5) is 0 Å². The van der Waals surface area contributed by atoms with Crippen LogP contribution in [-0.4, -0.2) is 19.1 Å². The summed E-state index contributed by atoms with van der Waals surface area (Å²) in [6, 6.07) is 56.2. The quantitative estimate of drug-likeness (QED) is 0.192. The molecule has 3 aromatic heterocycles. The summed E-state index contributed by atoms with van der Waals surface area (Å²) in [5.41, 5.74) is 10.7. The Morgan fingerprint density at radius 2 is 1.08 bits per heavy atom. The first-order valence-electron chi connectivity index (χ1n) is 16.5. The molecule has 0 aliphatic carbocycles. The van der Waals surface area contributed by atoms with Crippen LogP contribution in [0.5, 0.6) is 0 Å². The molecule has 0 saturated carbocycles. The van der Waals surface area contributed by atoms with Gasteiger partial charge in [0.15, 0.2) is 5.82 Å². The van der Waals surface area contributed by atoms with E-state index in [2.05, 4.69) is 155 Å². The van der Waals surface area contributed by atoms with E-state index in [0.717, 1.165) is 44.7 Å². The van der Waals surface area contributed by atoms with Crippen LogP contribution in [0, 0.1) is 0 Å². The van der Waals surface area contributed by atoms with Gasteiger partial charge < -0.3 is 0 Å². The lowest BCUT2D eigenvalue weighted by atomic mass is 9.93. The van der Waals surface area contributed by atoms with Crippen LogP contribution in [0.25, 0.3) is 88.5 Å². The summed E-state index contributed by atoms with van der Waals surface area (Å²) >= 11 is 1.85. The first-order chi connectivity index (χ1) is 24.3. The molecule has 0 saturated heterocycles. The molecule has 1 aliphatic rings. The molecule has 10 aromatic rings. The zero-order chi connectivity index (χ0) is 32.1. The highest BCUT2D eigenvalue weighted by molar-refractivity contribution is 7.99. The van der Waals surface area contributed by atoms with Crippen molar-refractivity contribution in [2.45, 2.75) is 9.79 Å². The molecule has 7 aromatic carbocycles. The molecular weight excluding hydrogens is 617 g/mol. The minimum atomic E-state index is 0.818. The van der Waals surface area contributed by atoms with Crippen LogP contribution in [0.2, 0.25) is 0 Å². The molecule has 0 fully saturated rings. The maximum Gasteiger partial charge on any atom is 0.166 e.